The highest BCUT2D eigenvalue weighted by Gasteiger charge is 2.18. The first kappa shape index (κ1) is 29.6. The zero-order valence-electron chi connectivity index (χ0n) is 20.6. The van der Waals surface area contributed by atoms with Crippen molar-refractivity contribution in [1.82, 2.24) is 0 Å². The second kappa shape index (κ2) is 13.6. The van der Waals surface area contributed by atoms with Crippen molar-refractivity contribution < 1.29 is 47.2 Å². The predicted octanol–water partition coefficient (Wildman–Crippen LogP) is 2.24. The van der Waals surface area contributed by atoms with E-state index < -0.39 is 34.0 Å². The van der Waals surface area contributed by atoms with Gasteiger partial charge >= 0.3 is 11.9 Å². The summed E-state index contributed by atoms with van der Waals surface area (Å²) in [6, 6.07) is 11.2. The molecule has 0 aliphatic carbocycles. The molecule has 2 atom stereocenters. The fraction of sp³-hybridized carbons (Fsp3) is 0.308. The van der Waals surface area contributed by atoms with E-state index in [0.29, 0.717) is 11.5 Å². The molecule has 0 fully saturated rings. The van der Waals surface area contributed by atoms with Crippen LogP contribution < -0.4 is 9.47 Å². The van der Waals surface area contributed by atoms with Crippen molar-refractivity contribution in [3.05, 3.63) is 72.8 Å². The molecule has 2 N–H and O–H groups in total. The summed E-state index contributed by atoms with van der Waals surface area (Å²) in [5.74, 6) is -0.597. The first-order valence-corrected chi connectivity index (χ1v) is 12.6. The lowest BCUT2D eigenvalue weighted by atomic mass is 10.3. The molecule has 2 unspecified atom stereocenters. The van der Waals surface area contributed by atoms with Crippen LogP contribution in [0.1, 0.15) is 13.8 Å². The van der Waals surface area contributed by atoms with E-state index in [0.717, 1.165) is 0 Å². The Morgan fingerprint density at radius 3 is 1.32 bits per heavy atom. The Kier molecular flexibility index (Phi) is 10.9. The first-order chi connectivity index (χ1) is 17.4. The number of esters is 2. The first-order valence-electron chi connectivity index (χ1n) is 11.1. The third-order valence-corrected chi connectivity index (χ3v) is 6.45. The van der Waals surface area contributed by atoms with E-state index >= 15 is 0 Å². The van der Waals surface area contributed by atoms with Crippen molar-refractivity contribution in [3.63, 3.8) is 0 Å². The van der Waals surface area contributed by atoms with E-state index in [2.05, 4.69) is 13.2 Å². The van der Waals surface area contributed by atoms with Gasteiger partial charge < -0.3 is 29.2 Å². The topological polar surface area (TPSA) is 146 Å². The van der Waals surface area contributed by atoms with Gasteiger partial charge in [0.25, 0.3) is 0 Å². The molecular weight excluding hydrogens is 504 g/mol. The number of ether oxygens (including phenoxy) is 4. The van der Waals surface area contributed by atoms with Gasteiger partial charge in [-0.2, -0.15) is 0 Å². The van der Waals surface area contributed by atoms with Gasteiger partial charge in [0, 0.05) is 11.1 Å². The fourth-order valence-electron chi connectivity index (χ4n) is 2.64. The summed E-state index contributed by atoms with van der Waals surface area (Å²) in [5, 5.41) is 19.7. The molecule has 0 aliphatic heterocycles. The van der Waals surface area contributed by atoms with Gasteiger partial charge in [0.1, 0.15) is 50.1 Å². The molecule has 10 nitrogen and oxygen atoms in total. The van der Waals surface area contributed by atoms with E-state index in [1.165, 1.54) is 62.4 Å². The summed E-state index contributed by atoms with van der Waals surface area (Å²) in [7, 11) is -3.83. The maximum absolute atomic E-state index is 12.9. The van der Waals surface area contributed by atoms with Crippen LogP contribution in [0.4, 0.5) is 0 Å². The lowest BCUT2D eigenvalue weighted by molar-refractivity contribution is -0.143. The van der Waals surface area contributed by atoms with Crippen LogP contribution in [-0.4, -0.2) is 69.2 Å². The monoisotopic (exact) mass is 534 g/mol. The minimum absolute atomic E-state index is 0.0270. The molecule has 2 rings (SSSR count). The number of carbonyl (C=O) groups is 2. The average Bonchev–Trinajstić information content (AvgIpc) is 2.88. The van der Waals surface area contributed by atoms with Crippen molar-refractivity contribution in [2.75, 3.05) is 26.4 Å². The van der Waals surface area contributed by atoms with Crippen LogP contribution in [0.2, 0.25) is 0 Å². The van der Waals surface area contributed by atoms with Crippen molar-refractivity contribution >= 4 is 21.8 Å². The Labute approximate surface area is 215 Å². The highest BCUT2D eigenvalue weighted by atomic mass is 32.2. The van der Waals surface area contributed by atoms with Crippen molar-refractivity contribution in [2.24, 2.45) is 0 Å². The molecule has 0 bridgehead atoms. The van der Waals surface area contributed by atoms with E-state index in [-0.39, 0.29) is 47.4 Å². The Bertz CT molecular complexity index is 1110. The van der Waals surface area contributed by atoms with Gasteiger partial charge in [-0.1, -0.05) is 13.2 Å². The van der Waals surface area contributed by atoms with Crippen molar-refractivity contribution in [3.8, 4) is 11.5 Å². The summed E-state index contributed by atoms with van der Waals surface area (Å²) < 4.78 is 46.3. The minimum atomic E-state index is -3.83. The smallest absolute Gasteiger partial charge is 0.333 e. The van der Waals surface area contributed by atoms with Crippen LogP contribution in [0.3, 0.4) is 0 Å². The summed E-state index contributed by atoms with van der Waals surface area (Å²) in [6.45, 7) is 9.01. The molecule has 200 valence electrons. The van der Waals surface area contributed by atoms with Gasteiger partial charge in [-0.05, 0) is 62.4 Å². The van der Waals surface area contributed by atoms with Crippen LogP contribution in [0, 0.1) is 0 Å². The lowest BCUT2D eigenvalue weighted by Crippen LogP contribution is -2.25. The Morgan fingerprint density at radius 2 is 1.03 bits per heavy atom. The number of aliphatic hydroxyl groups excluding tert-OH is 2. The zero-order valence-corrected chi connectivity index (χ0v) is 21.4. The number of rotatable bonds is 14. The van der Waals surface area contributed by atoms with Crippen molar-refractivity contribution in [1.29, 1.82) is 0 Å². The third kappa shape index (κ3) is 9.37. The highest BCUT2D eigenvalue weighted by Crippen LogP contribution is 2.25. The van der Waals surface area contributed by atoms with Gasteiger partial charge in [0.2, 0.25) is 9.84 Å². The predicted molar refractivity (Wildman–Crippen MR) is 133 cm³/mol. The van der Waals surface area contributed by atoms with Crippen LogP contribution >= 0.6 is 0 Å². The number of hydrogen-bond donors (Lipinski definition) is 2. The Hall–Kier alpha value is -3.67. The molecule has 0 spiro atoms. The zero-order chi connectivity index (χ0) is 27.6. The Balaban J connectivity index is 1.89. The quantitative estimate of drug-likeness (QED) is 0.273. The molecule has 0 aromatic heterocycles. The minimum Gasteiger partial charge on any atom is -0.491 e. The SMILES string of the molecule is C=C(C)C(=O)OCC(O)COc1ccc(S(=O)(=O)c2ccc(OCC(O)COC(=O)C(=C)C)cc2)cc1. The highest BCUT2D eigenvalue weighted by molar-refractivity contribution is 7.91. The standard InChI is InChI=1S/C26H30O10S/c1-17(2)25(29)35-15-19(27)13-33-21-5-9-23(10-6-21)37(31,32)24-11-7-22(8-12-24)34-14-20(28)16-36-26(30)18(3)4/h5-12,19-20,27-28H,1,3,13-16H2,2,4H3. The maximum Gasteiger partial charge on any atom is 0.333 e. The van der Waals surface area contributed by atoms with Gasteiger partial charge in [-0.15, -0.1) is 0 Å². The molecule has 0 saturated heterocycles. The average molecular weight is 535 g/mol. The molecule has 0 amide bonds. The summed E-state index contributed by atoms with van der Waals surface area (Å²) in [4.78, 5) is 22.7. The summed E-state index contributed by atoms with van der Waals surface area (Å²) >= 11 is 0. The third-order valence-electron chi connectivity index (χ3n) is 4.66. The van der Waals surface area contributed by atoms with Gasteiger partial charge in [-0.3, -0.25) is 0 Å². The Morgan fingerprint density at radius 1 is 0.703 bits per heavy atom. The summed E-state index contributed by atoms with van der Waals surface area (Å²) in [5.41, 5.74) is 0.425. The second-order valence-electron chi connectivity index (χ2n) is 8.13. The number of hydrogen-bond acceptors (Lipinski definition) is 10. The lowest BCUT2D eigenvalue weighted by Gasteiger charge is -2.14. The largest absolute Gasteiger partial charge is 0.491 e. The number of sulfone groups is 1. The van der Waals surface area contributed by atoms with Gasteiger partial charge in [0.15, 0.2) is 0 Å². The normalized spacial score (nSPS) is 12.6. The molecule has 0 heterocycles. The summed E-state index contributed by atoms with van der Waals surface area (Å²) in [6.07, 6.45) is -2.14. The van der Waals surface area contributed by atoms with E-state index in [1.54, 1.807) is 0 Å². The molecule has 0 saturated carbocycles. The molecule has 2 aromatic rings. The van der Waals surface area contributed by atoms with Crippen molar-refractivity contribution in [2.45, 2.75) is 35.8 Å². The van der Waals surface area contributed by atoms with E-state index in [9.17, 15) is 28.2 Å². The number of aliphatic hydroxyl groups is 2. The molecule has 11 heteroatoms. The van der Waals surface area contributed by atoms with Gasteiger partial charge in [0.05, 0.1) is 9.79 Å². The molecular formula is C26H30O10S. The number of carbonyl (C=O) groups excluding carboxylic acids is 2. The van der Waals surface area contributed by atoms with Crippen LogP contribution in [0.25, 0.3) is 0 Å². The van der Waals surface area contributed by atoms with E-state index in [1.807, 2.05) is 0 Å². The van der Waals surface area contributed by atoms with Crippen LogP contribution in [0.15, 0.2) is 82.6 Å². The molecule has 37 heavy (non-hydrogen) atoms. The molecule has 0 aliphatic rings. The maximum atomic E-state index is 12.9. The van der Waals surface area contributed by atoms with Gasteiger partial charge in [-0.25, -0.2) is 18.0 Å². The molecule has 2 aromatic carbocycles. The number of benzene rings is 2. The van der Waals surface area contributed by atoms with Crippen LogP contribution in [0.5, 0.6) is 11.5 Å². The fourth-order valence-corrected chi connectivity index (χ4v) is 3.90. The second-order valence-corrected chi connectivity index (χ2v) is 10.1. The van der Waals surface area contributed by atoms with Crippen LogP contribution in [-0.2, 0) is 28.9 Å². The molecule has 0 radical (unpaired) electrons. The van der Waals surface area contributed by atoms with E-state index in [4.69, 9.17) is 18.9 Å².